The zero-order chi connectivity index (χ0) is 27.1. The topological polar surface area (TPSA) is 50.1 Å². The first-order valence-corrected chi connectivity index (χ1v) is 17.2. The molecule has 0 heterocycles. The average Bonchev–Trinajstić information content (AvgIpc) is 2.96. The van der Waals surface area contributed by atoms with Crippen LogP contribution in [0.15, 0.2) is 0 Å². The van der Waals surface area contributed by atoms with Crippen LogP contribution >= 0.6 is 0 Å². The van der Waals surface area contributed by atoms with Gasteiger partial charge in [0, 0.05) is 0 Å². The van der Waals surface area contributed by atoms with E-state index in [2.05, 4.69) is 19.9 Å². The molecule has 3 rings (SSSR count). The third kappa shape index (κ3) is 10.5. The first-order valence-electron chi connectivity index (χ1n) is 17.2. The fraction of sp³-hybridized carbons (Fsp3) is 0.943. The molecule has 0 N–H and O–H groups in total. The number of rotatable bonds is 16. The van der Waals surface area contributed by atoms with Gasteiger partial charge in [0.1, 0.15) is 6.10 Å². The van der Waals surface area contributed by atoms with E-state index in [-0.39, 0.29) is 23.4 Å². The van der Waals surface area contributed by atoms with Crippen LogP contribution < -0.4 is 0 Å². The number of carbonyl (C=O) groups is 1. The van der Waals surface area contributed by atoms with Gasteiger partial charge in [0.15, 0.2) is 0 Å². The number of ether oxygens (including phenoxy) is 1. The predicted octanol–water partition coefficient (Wildman–Crippen LogP) is 10.7. The predicted molar refractivity (Wildman–Crippen MR) is 159 cm³/mol. The van der Waals surface area contributed by atoms with Gasteiger partial charge in [0.05, 0.1) is 17.4 Å². The first kappa shape index (κ1) is 31.5. The molecule has 0 saturated heterocycles. The Labute approximate surface area is 236 Å². The Morgan fingerprint density at radius 1 is 0.711 bits per heavy atom. The quantitative estimate of drug-likeness (QED) is 0.148. The number of nitriles is 1. The molecule has 0 aromatic heterocycles. The lowest BCUT2D eigenvalue weighted by Crippen LogP contribution is -2.34. The van der Waals surface area contributed by atoms with Crippen LogP contribution in [-0.4, -0.2) is 12.1 Å². The number of hydrogen-bond donors (Lipinski definition) is 0. The summed E-state index contributed by atoms with van der Waals surface area (Å²) < 4.78 is 6.04. The van der Waals surface area contributed by atoms with Crippen LogP contribution in [0, 0.1) is 40.4 Å². The minimum atomic E-state index is -0.166. The van der Waals surface area contributed by atoms with Crippen molar-refractivity contribution in [3.63, 3.8) is 0 Å². The third-order valence-electron chi connectivity index (χ3n) is 10.8. The molecule has 0 aromatic carbocycles. The molecule has 0 unspecified atom stereocenters. The summed E-state index contributed by atoms with van der Waals surface area (Å²) in [7, 11) is 0. The largest absolute Gasteiger partial charge is 0.462 e. The number of hydrogen-bond acceptors (Lipinski definition) is 3. The molecule has 0 bridgehead atoms. The average molecular weight is 528 g/mol. The molecule has 0 atom stereocenters. The van der Waals surface area contributed by atoms with Crippen LogP contribution in [-0.2, 0) is 9.53 Å². The van der Waals surface area contributed by atoms with Crippen LogP contribution in [0.5, 0.6) is 0 Å². The Kier molecular flexibility index (Phi) is 14.6. The van der Waals surface area contributed by atoms with Gasteiger partial charge in [-0.15, -0.1) is 0 Å². The van der Waals surface area contributed by atoms with Gasteiger partial charge >= 0.3 is 5.97 Å². The van der Waals surface area contributed by atoms with Crippen molar-refractivity contribution in [3.05, 3.63) is 0 Å². The highest BCUT2D eigenvalue weighted by Gasteiger charge is 2.38. The number of carbonyl (C=O) groups excluding carboxylic acids is 1. The highest BCUT2D eigenvalue weighted by atomic mass is 16.5. The van der Waals surface area contributed by atoms with Crippen LogP contribution in [0.4, 0.5) is 0 Å². The van der Waals surface area contributed by atoms with Gasteiger partial charge in [-0.3, -0.25) is 4.79 Å². The lowest BCUT2D eigenvalue weighted by Gasteiger charge is -2.38. The minimum Gasteiger partial charge on any atom is -0.462 e. The van der Waals surface area contributed by atoms with Crippen molar-refractivity contribution in [3.8, 4) is 6.07 Å². The van der Waals surface area contributed by atoms with Gasteiger partial charge < -0.3 is 4.74 Å². The summed E-state index contributed by atoms with van der Waals surface area (Å²) in [5.74, 6) is 2.93. The van der Waals surface area contributed by atoms with Gasteiger partial charge in [-0.25, -0.2) is 0 Å². The Bertz CT molecular complexity index is 673. The lowest BCUT2D eigenvalue weighted by molar-refractivity contribution is -0.158. The molecule has 0 radical (unpaired) electrons. The molecule has 0 amide bonds. The van der Waals surface area contributed by atoms with E-state index in [4.69, 9.17) is 4.74 Å². The van der Waals surface area contributed by atoms with E-state index in [1.807, 2.05) is 0 Å². The highest BCUT2D eigenvalue weighted by Crippen LogP contribution is 2.44. The van der Waals surface area contributed by atoms with Gasteiger partial charge in [-0.05, 0) is 88.4 Å². The second-order valence-corrected chi connectivity index (χ2v) is 13.6. The fourth-order valence-electron chi connectivity index (χ4n) is 7.99. The highest BCUT2D eigenvalue weighted by molar-refractivity contribution is 5.72. The van der Waals surface area contributed by atoms with Crippen molar-refractivity contribution in [2.24, 2.45) is 29.1 Å². The van der Waals surface area contributed by atoms with Gasteiger partial charge in [0.2, 0.25) is 0 Å². The normalized spacial score (nSPS) is 32.0. The Morgan fingerprint density at radius 3 is 1.82 bits per heavy atom. The molecular weight excluding hydrogens is 466 g/mol. The van der Waals surface area contributed by atoms with Crippen molar-refractivity contribution in [2.45, 2.75) is 180 Å². The molecule has 0 aromatic rings. The number of unbranched alkanes of at least 4 members (excludes halogenated alkanes) is 9. The summed E-state index contributed by atoms with van der Waals surface area (Å²) in [5.41, 5.74) is -0.166. The first-order chi connectivity index (χ1) is 18.6. The van der Waals surface area contributed by atoms with E-state index in [0.29, 0.717) is 0 Å². The molecule has 218 valence electrons. The van der Waals surface area contributed by atoms with Gasteiger partial charge in [0.25, 0.3) is 0 Å². The van der Waals surface area contributed by atoms with E-state index in [0.717, 1.165) is 62.7 Å². The standard InChI is InChI=1S/C35H61NO2/c1-3-5-7-9-10-12-14-29-15-17-30(18-16-29)31-19-21-32(22-20-31)34(37)38-33-23-26-35(28-36,27-24-33)25-13-11-8-6-4-2/h29-33H,3-27H2,1-2H3/t29-,30-,31?,32?,33?,35?. The smallest absolute Gasteiger partial charge is 0.309 e. The van der Waals surface area contributed by atoms with Crippen LogP contribution in [0.25, 0.3) is 0 Å². The summed E-state index contributed by atoms with van der Waals surface area (Å²) >= 11 is 0. The second kappa shape index (κ2) is 17.6. The minimum absolute atomic E-state index is 0.0451. The Morgan fingerprint density at radius 2 is 1.24 bits per heavy atom. The zero-order valence-corrected chi connectivity index (χ0v) is 25.3. The van der Waals surface area contributed by atoms with Crippen LogP contribution in [0.2, 0.25) is 0 Å². The molecule has 38 heavy (non-hydrogen) atoms. The summed E-state index contributed by atoms with van der Waals surface area (Å²) in [6.45, 7) is 4.54. The number of nitrogens with zero attached hydrogens (tertiary/aromatic N) is 1. The van der Waals surface area contributed by atoms with Crippen molar-refractivity contribution < 1.29 is 9.53 Å². The Balaban J connectivity index is 1.27. The number of esters is 1. The van der Waals surface area contributed by atoms with E-state index < -0.39 is 0 Å². The molecule has 3 nitrogen and oxygen atoms in total. The van der Waals surface area contributed by atoms with E-state index in [1.54, 1.807) is 0 Å². The van der Waals surface area contributed by atoms with Crippen molar-refractivity contribution >= 4 is 5.97 Å². The molecular formula is C35H61NO2. The maximum atomic E-state index is 13.0. The third-order valence-corrected chi connectivity index (χ3v) is 10.8. The molecule has 3 fully saturated rings. The monoisotopic (exact) mass is 527 g/mol. The molecule has 0 aliphatic heterocycles. The van der Waals surface area contributed by atoms with E-state index in [1.165, 1.54) is 116 Å². The summed E-state index contributed by atoms with van der Waals surface area (Å²) in [6, 6.07) is 2.66. The summed E-state index contributed by atoms with van der Waals surface area (Å²) in [6.07, 6.45) is 31.2. The molecule has 3 aliphatic rings. The van der Waals surface area contributed by atoms with Crippen molar-refractivity contribution in [2.75, 3.05) is 0 Å². The van der Waals surface area contributed by atoms with E-state index >= 15 is 0 Å². The maximum absolute atomic E-state index is 13.0. The Hall–Kier alpha value is -1.04. The molecule has 3 aliphatic carbocycles. The SMILES string of the molecule is CCCCCCCC[C@H]1CC[C@H](C2CCC(C(=O)OC3CCC(C#N)(CCCCCCC)CC3)CC2)CC1. The van der Waals surface area contributed by atoms with Gasteiger partial charge in [-0.2, -0.15) is 5.26 Å². The molecule has 0 spiro atoms. The van der Waals surface area contributed by atoms with Crippen molar-refractivity contribution in [1.29, 1.82) is 5.26 Å². The molecule has 3 heteroatoms. The van der Waals surface area contributed by atoms with Crippen molar-refractivity contribution in [1.82, 2.24) is 0 Å². The lowest BCUT2D eigenvalue weighted by atomic mass is 9.68. The second-order valence-electron chi connectivity index (χ2n) is 13.6. The fourth-order valence-corrected chi connectivity index (χ4v) is 7.99. The maximum Gasteiger partial charge on any atom is 0.309 e. The van der Waals surface area contributed by atoms with Crippen LogP contribution in [0.3, 0.4) is 0 Å². The van der Waals surface area contributed by atoms with Crippen LogP contribution in [0.1, 0.15) is 174 Å². The van der Waals surface area contributed by atoms with Gasteiger partial charge in [-0.1, -0.05) is 104 Å². The zero-order valence-electron chi connectivity index (χ0n) is 25.3. The summed E-state index contributed by atoms with van der Waals surface area (Å²) in [5, 5.41) is 9.88. The van der Waals surface area contributed by atoms with E-state index in [9.17, 15) is 10.1 Å². The molecule has 3 saturated carbocycles. The summed E-state index contributed by atoms with van der Waals surface area (Å²) in [4.78, 5) is 13.0.